The zero-order chi connectivity index (χ0) is 15.7. The van der Waals surface area contributed by atoms with Gasteiger partial charge in [0.05, 0.1) is 12.0 Å². The van der Waals surface area contributed by atoms with Crippen molar-refractivity contribution in [3.63, 3.8) is 0 Å². The molecule has 1 aromatic heterocycles. The fourth-order valence-electron chi connectivity index (χ4n) is 1.60. The Hall–Kier alpha value is -1.90. The molecule has 0 amide bonds. The van der Waals surface area contributed by atoms with Crippen molar-refractivity contribution in [2.75, 3.05) is 27.2 Å². The molecular formula is C12H18ClN5O3. The van der Waals surface area contributed by atoms with Gasteiger partial charge in [0, 0.05) is 25.8 Å². The van der Waals surface area contributed by atoms with Crippen LogP contribution in [0.3, 0.4) is 0 Å². The molecule has 0 aliphatic rings. The van der Waals surface area contributed by atoms with Crippen molar-refractivity contribution < 1.29 is 9.76 Å². The molecule has 8 nitrogen and oxygen atoms in total. The minimum absolute atomic E-state index is 0.198. The summed E-state index contributed by atoms with van der Waals surface area (Å²) in [6, 6.07) is 3.65. The van der Waals surface area contributed by atoms with Crippen LogP contribution in [0.1, 0.15) is 5.56 Å². The lowest BCUT2D eigenvalue weighted by Crippen LogP contribution is -2.33. The normalized spacial score (nSPS) is 11.5. The van der Waals surface area contributed by atoms with Crippen LogP contribution in [0.4, 0.5) is 0 Å². The highest BCUT2D eigenvalue weighted by molar-refractivity contribution is 6.29. The van der Waals surface area contributed by atoms with Crippen molar-refractivity contribution in [2.45, 2.75) is 6.54 Å². The van der Waals surface area contributed by atoms with Crippen LogP contribution in [0, 0.1) is 10.1 Å². The quantitative estimate of drug-likeness (QED) is 0.398. The molecule has 1 aromatic rings. The Balaban J connectivity index is 2.36. The molecule has 9 heteroatoms. The number of hydrogen-bond donors (Lipinski definition) is 2. The Morgan fingerprint density at radius 1 is 1.62 bits per heavy atom. The Kier molecular flexibility index (Phi) is 7.44. The van der Waals surface area contributed by atoms with Crippen LogP contribution in [-0.4, -0.2) is 42.1 Å². The number of hydroxylamine groups is 1. The largest absolute Gasteiger partial charge is 0.364 e. The highest BCUT2D eigenvalue weighted by Crippen LogP contribution is 2.06. The van der Waals surface area contributed by atoms with E-state index in [1.54, 1.807) is 12.3 Å². The van der Waals surface area contributed by atoms with E-state index in [0.29, 0.717) is 24.8 Å². The average molecular weight is 316 g/mol. The second kappa shape index (κ2) is 9.11. The summed E-state index contributed by atoms with van der Waals surface area (Å²) in [5.41, 5.74) is 3.45. The summed E-state index contributed by atoms with van der Waals surface area (Å²) in [5.74, 6) is 0.198. The zero-order valence-electron chi connectivity index (χ0n) is 11.9. The first-order valence-electron chi connectivity index (χ1n) is 6.18. The van der Waals surface area contributed by atoms with Gasteiger partial charge in [-0.25, -0.2) is 10.5 Å². The van der Waals surface area contributed by atoms with E-state index in [0.717, 1.165) is 11.8 Å². The number of pyridine rings is 1. The van der Waals surface area contributed by atoms with Gasteiger partial charge in [0.15, 0.2) is 5.82 Å². The summed E-state index contributed by atoms with van der Waals surface area (Å²) >= 11 is 5.72. The molecule has 0 spiro atoms. The van der Waals surface area contributed by atoms with Crippen LogP contribution in [-0.2, 0) is 11.4 Å². The van der Waals surface area contributed by atoms with Gasteiger partial charge in [-0.1, -0.05) is 17.7 Å². The summed E-state index contributed by atoms with van der Waals surface area (Å²) in [7, 11) is 3.33. The molecule has 0 aromatic carbocycles. The zero-order valence-corrected chi connectivity index (χ0v) is 12.6. The van der Waals surface area contributed by atoms with Crippen molar-refractivity contribution in [1.82, 2.24) is 20.7 Å². The van der Waals surface area contributed by atoms with Crippen molar-refractivity contribution in [1.29, 1.82) is 0 Å². The van der Waals surface area contributed by atoms with E-state index in [-0.39, 0.29) is 5.82 Å². The van der Waals surface area contributed by atoms with E-state index in [1.807, 2.05) is 13.1 Å². The van der Waals surface area contributed by atoms with Crippen LogP contribution in [0.15, 0.2) is 30.4 Å². The van der Waals surface area contributed by atoms with Gasteiger partial charge >= 0.3 is 0 Å². The van der Waals surface area contributed by atoms with Gasteiger partial charge in [-0.15, -0.1) is 0 Å². The Bertz CT molecular complexity index is 480. The number of rotatable bonds is 9. The maximum atomic E-state index is 10.4. The fraction of sp³-hybridized carbons (Fsp3) is 0.417. The maximum absolute atomic E-state index is 10.4. The summed E-state index contributed by atoms with van der Waals surface area (Å²) in [6.45, 7) is 1.91. The number of halogens is 1. The van der Waals surface area contributed by atoms with Crippen LogP contribution < -0.4 is 10.8 Å². The third kappa shape index (κ3) is 7.45. The molecule has 1 rings (SSSR count). The Labute approximate surface area is 127 Å². The second-order valence-corrected chi connectivity index (χ2v) is 4.68. The average Bonchev–Trinajstić information content (AvgIpc) is 2.41. The second-order valence-electron chi connectivity index (χ2n) is 4.29. The van der Waals surface area contributed by atoms with Crippen LogP contribution in [0.2, 0.25) is 5.15 Å². The molecule has 0 atom stereocenters. The number of nitro groups is 1. The molecule has 0 unspecified atom stereocenters. The van der Waals surface area contributed by atoms with Gasteiger partial charge in [0.1, 0.15) is 5.15 Å². The summed E-state index contributed by atoms with van der Waals surface area (Å²) < 4.78 is 0. The van der Waals surface area contributed by atoms with Crippen molar-refractivity contribution in [3.05, 3.63) is 51.2 Å². The number of nitrogens with one attached hydrogen (secondary N) is 2. The van der Waals surface area contributed by atoms with Crippen LogP contribution >= 0.6 is 11.6 Å². The highest BCUT2D eigenvalue weighted by atomic mass is 35.5. The van der Waals surface area contributed by atoms with E-state index in [2.05, 4.69) is 25.5 Å². The molecule has 0 fully saturated rings. The van der Waals surface area contributed by atoms with E-state index < -0.39 is 4.92 Å². The number of aromatic nitrogens is 1. The van der Waals surface area contributed by atoms with Gasteiger partial charge in [0.2, 0.25) is 0 Å². The number of nitrogens with zero attached hydrogens (tertiary/aromatic N) is 3. The highest BCUT2D eigenvalue weighted by Gasteiger charge is 2.04. The van der Waals surface area contributed by atoms with E-state index >= 15 is 0 Å². The fourth-order valence-corrected chi connectivity index (χ4v) is 1.71. The predicted molar refractivity (Wildman–Crippen MR) is 78.8 cm³/mol. The predicted octanol–water partition coefficient (Wildman–Crippen LogP) is 0.983. The minimum Gasteiger partial charge on any atom is -0.364 e. The lowest BCUT2D eigenvalue weighted by molar-refractivity contribution is -0.404. The smallest absolute Gasteiger partial charge is 0.276 e. The van der Waals surface area contributed by atoms with Gasteiger partial charge < -0.3 is 10.2 Å². The van der Waals surface area contributed by atoms with Crippen LogP contribution in [0.25, 0.3) is 0 Å². The Morgan fingerprint density at radius 2 is 2.38 bits per heavy atom. The first-order valence-corrected chi connectivity index (χ1v) is 6.56. The molecule has 0 aliphatic heterocycles. The molecule has 0 saturated carbocycles. The molecule has 0 radical (unpaired) electrons. The molecule has 2 N–H and O–H groups in total. The summed E-state index contributed by atoms with van der Waals surface area (Å²) in [4.78, 5) is 20.6. The number of hydrogen-bond acceptors (Lipinski definition) is 7. The SMILES string of the molecule is CON/C(=C/[N+](=O)[O-])NCCN(C)Cc1ccc(Cl)nc1. The first kappa shape index (κ1) is 17.2. The summed E-state index contributed by atoms with van der Waals surface area (Å²) in [6.07, 6.45) is 2.53. The van der Waals surface area contributed by atoms with Gasteiger partial charge in [-0.2, -0.15) is 0 Å². The number of likely N-dealkylation sites (N-methyl/N-ethyl adjacent to an activating group) is 1. The van der Waals surface area contributed by atoms with Crippen LogP contribution in [0.5, 0.6) is 0 Å². The molecule has 116 valence electrons. The Morgan fingerprint density at radius 3 is 2.95 bits per heavy atom. The lowest BCUT2D eigenvalue weighted by Gasteiger charge is -2.17. The van der Waals surface area contributed by atoms with E-state index in [9.17, 15) is 10.1 Å². The van der Waals surface area contributed by atoms with Crippen molar-refractivity contribution in [3.8, 4) is 0 Å². The van der Waals surface area contributed by atoms with Gasteiger partial charge in [0.25, 0.3) is 6.20 Å². The molecule has 0 bridgehead atoms. The maximum Gasteiger partial charge on any atom is 0.276 e. The third-order valence-electron chi connectivity index (χ3n) is 2.50. The molecular weight excluding hydrogens is 298 g/mol. The molecule has 0 saturated heterocycles. The van der Waals surface area contributed by atoms with E-state index in [4.69, 9.17) is 11.6 Å². The van der Waals surface area contributed by atoms with Gasteiger partial charge in [-0.3, -0.25) is 15.0 Å². The summed E-state index contributed by atoms with van der Waals surface area (Å²) in [5, 5.41) is 13.8. The standard InChI is InChI=1S/C12H18ClN5O3/c1-17(8-10-3-4-11(13)15-7-10)6-5-14-12(16-21-2)9-18(19)20/h3-4,7,9,14,16H,5-6,8H2,1-2H3/b12-9+. The minimum atomic E-state index is -0.558. The van der Waals surface area contributed by atoms with Gasteiger partial charge in [-0.05, 0) is 18.7 Å². The third-order valence-corrected chi connectivity index (χ3v) is 2.72. The first-order chi connectivity index (χ1) is 10.0. The van der Waals surface area contributed by atoms with Crippen molar-refractivity contribution in [2.24, 2.45) is 0 Å². The monoisotopic (exact) mass is 315 g/mol. The topological polar surface area (TPSA) is 92.6 Å². The molecule has 21 heavy (non-hydrogen) atoms. The molecule has 1 heterocycles. The van der Waals surface area contributed by atoms with E-state index in [1.165, 1.54) is 7.11 Å². The van der Waals surface area contributed by atoms with Crippen molar-refractivity contribution >= 4 is 11.6 Å². The lowest BCUT2D eigenvalue weighted by atomic mass is 10.3. The molecule has 0 aliphatic carbocycles.